The number of anilines is 1. The average molecular weight is 279 g/mol. The van der Waals surface area contributed by atoms with Crippen LogP contribution in [0.1, 0.15) is 19.4 Å². The third kappa shape index (κ3) is 2.99. The molecule has 0 amide bonds. The minimum Gasteiger partial charge on any atom is -0.396 e. The van der Waals surface area contributed by atoms with Gasteiger partial charge < -0.3 is 10.4 Å². The third-order valence-corrected chi connectivity index (χ3v) is 3.50. The van der Waals surface area contributed by atoms with Gasteiger partial charge in [0.1, 0.15) is 0 Å². The molecule has 0 saturated heterocycles. The number of benzene rings is 1. The van der Waals surface area contributed by atoms with E-state index in [0.717, 1.165) is 22.2 Å². The lowest BCUT2D eigenvalue weighted by molar-refractivity contribution is 0.171. The van der Waals surface area contributed by atoms with Crippen molar-refractivity contribution in [2.75, 3.05) is 18.5 Å². The van der Waals surface area contributed by atoms with Crippen molar-refractivity contribution in [1.29, 1.82) is 0 Å². The molecule has 0 fully saturated rings. The normalized spacial score (nSPS) is 11.8. The van der Waals surface area contributed by atoms with E-state index in [1.807, 2.05) is 39.0 Å². The van der Waals surface area contributed by atoms with Crippen molar-refractivity contribution in [3.8, 4) is 0 Å². The minimum absolute atomic E-state index is 0.125. The SMILES string of the molecule is Cc1cc(Cl)c(NCC(C)(C)CO)c2cccnc12. The fourth-order valence-electron chi connectivity index (χ4n) is 1.94. The van der Waals surface area contributed by atoms with Crippen LogP contribution in [0.3, 0.4) is 0 Å². The first-order valence-electron chi connectivity index (χ1n) is 6.33. The Morgan fingerprint density at radius 1 is 1.42 bits per heavy atom. The van der Waals surface area contributed by atoms with E-state index >= 15 is 0 Å². The Labute approximate surface area is 118 Å². The molecule has 4 heteroatoms. The number of aliphatic hydroxyl groups excluding tert-OH is 1. The predicted molar refractivity (Wildman–Crippen MR) is 80.8 cm³/mol. The van der Waals surface area contributed by atoms with Gasteiger partial charge in [0.2, 0.25) is 0 Å². The van der Waals surface area contributed by atoms with Crippen molar-refractivity contribution in [2.45, 2.75) is 20.8 Å². The molecular weight excluding hydrogens is 260 g/mol. The second kappa shape index (κ2) is 5.35. The van der Waals surface area contributed by atoms with Gasteiger partial charge in [-0.1, -0.05) is 25.4 Å². The summed E-state index contributed by atoms with van der Waals surface area (Å²) in [7, 11) is 0. The molecule has 2 rings (SSSR count). The van der Waals surface area contributed by atoms with Gasteiger partial charge in [-0.15, -0.1) is 0 Å². The number of hydrogen-bond acceptors (Lipinski definition) is 3. The highest BCUT2D eigenvalue weighted by molar-refractivity contribution is 6.35. The average Bonchev–Trinajstić information content (AvgIpc) is 2.38. The van der Waals surface area contributed by atoms with E-state index in [-0.39, 0.29) is 12.0 Å². The topological polar surface area (TPSA) is 45.1 Å². The summed E-state index contributed by atoms with van der Waals surface area (Å²) in [6.07, 6.45) is 1.78. The van der Waals surface area contributed by atoms with Crippen molar-refractivity contribution in [1.82, 2.24) is 4.98 Å². The Bertz CT molecular complexity index is 596. The number of pyridine rings is 1. The maximum Gasteiger partial charge on any atom is 0.0752 e. The standard InChI is InChI=1S/C15H19ClN2O/c1-10-7-12(16)14(18-8-15(2,3)9-19)11-5-4-6-17-13(10)11/h4-7,18-19H,8-9H2,1-3H3. The number of halogens is 1. The van der Waals surface area contributed by atoms with Gasteiger partial charge in [0, 0.05) is 30.1 Å². The number of aliphatic hydroxyl groups is 1. The molecule has 1 heterocycles. The molecule has 1 aromatic heterocycles. The van der Waals surface area contributed by atoms with Gasteiger partial charge in [0.25, 0.3) is 0 Å². The van der Waals surface area contributed by atoms with Gasteiger partial charge >= 0.3 is 0 Å². The molecule has 0 radical (unpaired) electrons. The smallest absolute Gasteiger partial charge is 0.0752 e. The van der Waals surface area contributed by atoms with Gasteiger partial charge in [-0.2, -0.15) is 0 Å². The van der Waals surface area contributed by atoms with E-state index in [1.54, 1.807) is 6.20 Å². The van der Waals surface area contributed by atoms with Crippen molar-refractivity contribution >= 4 is 28.2 Å². The molecule has 0 bridgehead atoms. The van der Waals surface area contributed by atoms with Crippen LogP contribution < -0.4 is 5.32 Å². The van der Waals surface area contributed by atoms with Crippen LogP contribution in [0.15, 0.2) is 24.4 Å². The molecule has 0 aliphatic carbocycles. The van der Waals surface area contributed by atoms with E-state index in [4.69, 9.17) is 11.6 Å². The van der Waals surface area contributed by atoms with E-state index in [1.165, 1.54) is 0 Å². The lowest BCUT2D eigenvalue weighted by Crippen LogP contribution is -2.27. The van der Waals surface area contributed by atoms with Gasteiger partial charge in [-0.3, -0.25) is 4.98 Å². The van der Waals surface area contributed by atoms with Gasteiger partial charge in [0.15, 0.2) is 0 Å². The first-order chi connectivity index (χ1) is 8.94. The van der Waals surface area contributed by atoms with Crippen LogP contribution in [0.4, 0.5) is 5.69 Å². The first kappa shape index (κ1) is 14.1. The highest BCUT2D eigenvalue weighted by atomic mass is 35.5. The van der Waals surface area contributed by atoms with Crippen LogP contribution in [0.25, 0.3) is 10.9 Å². The van der Waals surface area contributed by atoms with Gasteiger partial charge in [-0.25, -0.2) is 0 Å². The number of aromatic nitrogens is 1. The molecule has 0 spiro atoms. The fraction of sp³-hybridized carbons (Fsp3) is 0.400. The zero-order valence-electron chi connectivity index (χ0n) is 11.5. The number of rotatable bonds is 4. The Morgan fingerprint density at radius 2 is 2.16 bits per heavy atom. The van der Waals surface area contributed by atoms with Crippen molar-refractivity contribution < 1.29 is 5.11 Å². The molecule has 19 heavy (non-hydrogen) atoms. The Kier molecular flexibility index (Phi) is 3.97. The van der Waals surface area contributed by atoms with Crippen LogP contribution in [0.2, 0.25) is 5.02 Å². The van der Waals surface area contributed by atoms with E-state index in [2.05, 4.69) is 10.3 Å². The highest BCUT2D eigenvalue weighted by Gasteiger charge is 2.18. The maximum absolute atomic E-state index is 9.31. The van der Waals surface area contributed by atoms with Crippen LogP contribution in [-0.4, -0.2) is 23.2 Å². The van der Waals surface area contributed by atoms with E-state index in [9.17, 15) is 5.11 Å². The summed E-state index contributed by atoms with van der Waals surface area (Å²) in [5.41, 5.74) is 2.71. The number of nitrogens with one attached hydrogen (secondary N) is 1. The Morgan fingerprint density at radius 3 is 2.84 bits per heavy atom. The minimum atomic E-state index is -0.192. The first-order valence-corrected chi connectivity index (χ1v) is 6.71. The third-order valence-electron chi connectivity index (χ3n) is 3.20. The summed E-state index contributed by atoms with van der Waals surface area (Å²) < 4.78 is 0. The largest absolute Gasteiger partial charge is 0.396 e. The summed E-state index contributed by atoms with van der Waals surface area (Å²) in [6.45, 7) is 6.78. The second-order valence-corrected chi connectivity index (χ2v) is 6.03. The van der Waals surface area contributed by atoms with Crippen LogP contribution >= 0.6 is 11.6 Å². The van der Waals surface area contributed by atoms with Crippen molar-refractivity contribution in [3.63, 3.8) is 0 Å². The van der Waals surface area contributed by atoms with Crippen molar-refractivity contribution in [2.24, 2.45) is 5.41 Å². The van der Waals surface area contributed by atoms with Gasteiger partial charge in [0.05, 0.1) is 16.2 Å². The maximum atomic E-state index is 9.31. The van der Waals surface area contributed by atoms with Crippen LogP contribution in [0, 0.1) is 12.3 Å². The van der Waals surface area contributed by atoms with Crippen LogP contribution in [-0.2, 0) is 0 Å². The van der Waals surface area contributed by atoms with Crippen molar-refractivity contribution in [3.05, 3.63) is 35.0 Å². The van der Waals surface area contributed by atoms with Crippen LogP contribution in [0.5, 0.6) is 0 Å². The molecular formula is C15H19ClN2O. The predicted octanol–water partition coefficient (Wildman–Crippen LogP) is 3.63. The second-order valence-electron chi connectivity index (χ2n) is 5.63. The van der Waals surface area contributed by atoms with E-state index < -0.39 is 0 Å². The van der Waals surface area contributed by atoms with Gasteiger partial charge in [-0.05, 0) is 30.7 Å². The summed E-state index contributed by atoms with van der Waals surface area (Å²) in [4.78, 5) is 4.40. The molecule has 2 aromatic rings. The number of fused-ring (bicyclic) bond motifs is 1. The summed E-state index contributed by atoms with van der Waals surface area (Å²) >= 11 is 6.33. The fourth-order valence-corrected chi connectivity index (χ4v) is 2.28. The zero-order chi connectivity index (χ0) is 14.0. The molecule has 2 N–H and O–H groups in total. The molecule has 102 valence electrons. The molecule has 0 aliphatic rings. The summed E-state index contributed by atoms with van der Waals surface area (Å²) in [6, 6.07) is 5.83. The zero-order valence-corrected chi connectivity index (χ0v) is 12.3. The summed E-state index contributed by atoms with van der Waals surface area (Å²) in [5.74, 6) is 0. The molecule has 0 aliphatic heterocycles. The Balaban J connectivity index is 2.43. The number of nitrogens with zero attached hydrogens (tertiary/aromatic N) is 1. The monoisotopic (exact) mass is 278 g/mol. The summed E-state index contributed by atoms with van der Waals surface area (Å²) in [5, 5.41) is 14.4. The number of aryl methyl sites for hydroxylation is 1. The molecule has 0 saturated carbocycles. The quantitative estimate of drug-likeness (QED) is 0.898. The Hall–Kier alpha value is -1.32. The highest BCUT2D eigenvalue weighted by Crippen LogP contribution is 2.33. The lowest BCUT2D eigenvalue weighted by atomic mass is 9.94. The molecule has 0 unspecified atom stereocenters. The molecule has 3 nitrogen and oxygen atoms in total. The molecule has 1 aromatic carbocycles. The molecule has 0 atom stereocenters. The van der Waals surface area contributed by atoms with E-state index in [0.29, 0.717) is 11.6 Å². The lowest BCUT2D eigenvalue weighted by Gasteiger charge is -2.23. The number of hydrogen-bond donors (Lipinski definition) is 2.